The van der Waals surface area contributed by atoms with Gasteiger partial charge in [0.15, 0.2) is 0 Å². The van der Waals surface area contributed by atoms with Gasteiger partial charge in [0.05, 0.1) is 0 Å². The summed E-state index contributed by atoms with van der Waals surface area (Å²) in [5.74, 6) is 0.842. The van der Waals surface area contributed by atoms with Gasteiger partial charge in [-0.3, -0.25) is 0 Å². The maximum Gasteiger partial charge on any atom is 0.223 e. The number of thiophene rings is 1. The first-order chi connectivity index (χ1) is 8.13. The molecule has 0 fully saturated rings. The van der Waals surface area contributed by atoms with Crippen LogP contribution in [0.15, 0.2) is 23.6 Å². The van der Waals surface area contributed by atoms with E-state index in [1.165, 1.54) is 4.88 Å². The number of hydrogen-bond acceptors (Lipinski definition) is 5. The molecule has 1 unspecified atom stereocenters. The molecular formula is C11H13ClN4S. The Morgan fingerprint density at radius 2 is 2.35 bits per heavy atom. The molecule has 90 valence electrons. The molecule has 0 amide bonds. The Kier molecular flexibility index (Phi) is 3.81. The fraction of sp³-hybridized carbons (Fsp3) is 0.273. The first kappa shape index (κ1) is 12.1. The molecule has 2 aromatic heterocycles. The van der Waals surface area contributed by atoms with Crippen molar-refractivity contribution in [1.82, 2.24) is 9.97 Å². The second-order valence-corrected chi connectivity index (χ2v) is 5.18. The number of nitrogens with two attached hydrogens (primary N) is 1. The Bertz CT molecular complexity index is 466. The summed E-state index contributed by atoms with van der Waals surface area (Å²) < 4.78 is 0. The molecule has 2 rings (SSSR count). The van der Waals surface area contributed by atoms with Crippen LogP contribution in [0.4, 0.5) is 11.8 Å². The summed E-state index contributed by atoms with van der Waals surface area (Å²) in [5, 5.41) is 5.67. The van der Waals surface area contributed by atoms with Crippen LogP contribution in [0.25, 0.3) is 0 Å². The third kappa shape index (κ3) is 3.57. The zero-order chi connectivity index (χ0) is 12.3. The highest BCUT2D eigenvalue weighted by molar-refractivity contribution is 7.09. The summed E-state index contributed by atoms with van der Waals surface area (Å²) in [5.41, 5.74) is 5.53. The fourth-order valence-corrected chi connectivity index (χ4v) is 2.57. The molecule has 0 bridgehead atoms. The van der Waals surface area contributed by atoms with Gasteiger partial charge in [-0.25, -0.2) is 4.98 Å². The van der Waals surface area contributed by atoms with Crippen LogP contribution in [-0.2, 0) is 6.42 Å². The van der Waals surface area contributed by atoms with Crippen LogP contribution in [-0.4, -0.2) is 16.0 Å². The van der Waals surface area contributed by atoms with E-state index in [2.05, 4.69) is 33.7 Å². The maximum absolute atomic E-state index is 5.81. The third-order valence-corrected chi connectivity index (χ3v) is 3.29. The Balaban J connectivity index is 2.00. The zero-order valence-corrected chi connectivity index (χ0v) is 10.9. The van der Waals surface area contributed by atoms with Crippen molar-refractivity contribution in [2.45, 2.75) is 19.4 Å². The number of nitrogens with one attached hydrogen (secondary N) is 1. The molecule has 4 nitrogen and oxygen atoms in total. The van der Waals surface area contributed by atoms with Gasteiger partial charge >= 0.3 is 0 Å². The van der Waals surface area contributed by atoms with Gasteiger partial charge < -0.3 is 11.1 Å². The van der Waals surface area contributed by atoms with Gasteiger partial charge in [-0.05, 0) is 18.4 Å². The van der Waals surface area contributed by atoms with Crippen molar-refractivity contribution in [2.75, 3.05) is 11.1 Å². The lowest BCUT2D eigenvalue weighted by Crippen LogP contribution is -2.18. The average molecular weight is 269 g/mol. The minimum Gasteiger partial charge on any atom is -0.368 e. The smallest absolute Gasteiger partial charge is 0.223 e. The first-order valence-corrected chi connectivity index (χ1v) is 6.48. The molecule has 2 aromatic rings. The molecule has 2 heterocycles. The van der Waals surface area contributed by atoms with Gasteiger partial charge in [-0.2, -0.15) is 4.98 Å². The monoisotopic (exact) mass is 268 g/mol. The molecule has 0 saturated carbocycles. The normalized spacial score (nSPS) is 12.4. The summed E-state index contributed by atoms with van der Waals surface area (Å²) >= 11 is 7.55. The number of aromatic nitrogens is 2. The summed E-state index contributed by atoms with van der Waals surface area (Å²) in [6.07, 6.45) is 0.944. The molecule has 1 atom stereocenters. The number of nitrogen functional groups attached to an aromatic ring is 1. The van der Waals surface area contributed by atoms with Crippen LogP contribution in [0, 0.1) is 0 Å². The van der Waals surface area contributed by atoms with Crippen molar-refractivity contribution in [3.63, 3.8) is 0 Å². The second kappa shape index (κ2) is 5.33. The molecule has 0 aliphatic rings. The number of anilines is 2. The molecule has 0 aliphatic heterocycles. The lowest BCUT2D eigenvalue weighted by molar-refractivity contribution is 0.794. The highest BCUT2D eigenvalue weighted by atomic mass is 35.5. The van der Waals surface area contributed by atoms with E-state index < -0.39 is 0 Å². The molecule has 0 spiro atoms. The Morgan fingerprint density at radius 3 is 3.00 bits per heavy atom. The predicted octanol–water partition coefficient (Wildman–Crippen LogP) is 2.82. The molecule has 6 heteroatoms. The van der Waals surface area contributed by atoms with Gasteiger partial charge in [0.1, 0.15) is 11.0 Å². The summed E-state index contributed by atoms with van der Waals surface area (Å²) in [4.78, 5) is 9.22. The average Bonchev–Trinajstić information content (AvgIpc) is 2.67. The van der Waals surface area contributed by atoms with Crippen molar-refractivity contribution in [3.05, 3.63) is 33.6 Å². The van der Waals surface area contributed by atoms with Crippen LogP contribution in [0.1, 0.15) is 11.8 Å². The van der Waals surface area contributed by atoms with E-state index in [0.717, 1.165) is 6.42 Å². The van der Waals surface area contributed by atoms with Crippen molar-refractivity contribution >= 4 is 34.7 Å². The van der Waals surface area contributed by atoms with E-state index in [1.54, 1.807) is 17.4 Å². The van der Waals surface area contributed by atoms with Crippen LogP contribution < -0.4 is 11.1 Å². The van der Waals surface area contributed by atoms with Gasteiger partial charge in [-0.15, -0.1) is 11.3 Å². The van der Waals surface area contributed by atoms with Gasteiger partial charge in [0, 0.05) is 23.4 Å². The lowest BCUT2D eigenvalue weighted by Gasteiger charge is -2.13. The number of halogens is 1. The highest BCUT2D eigenvalue weighted by Gasteiger charge is 2.07. The maximum atomic E-state index is 5.81. The largest absolute Gasteiger partial charge is 0.368 e. The Labute approximate surface area is 109 Å². The number of hydrogen-bond donors (Lipinski definition) is 2. The van der Waals surface area contributed by atoms with E-state index in [4.69, 9.17) is 17.3 Å². The van der Waals surface area contributed by atoms with Gasteiger partial charge in [0.2, 0.25) is 5.95 Å². The van der Waals surface area contributed by atoms with Crippen LogP contribution >= 0.6 is 22.9 Å². The molecule has 0 aromatic carbocycles. The minimum atomic E-state index is 0.184. The van der Waals surface area contributed by atoms with Gasteiger partial charge in [-0.1, -0.05) is 17.7 Å². The van der Waals surface area contributed by atoms with Gasteiger partial charge in [0.25, 0.3) is 0 Å². The molecule has 0 radical (unpaired) electrons. The first-order valence-electron chi connectivity index (χ1n) is 5.22. The quantitative estimate of drug-likeness (QED) is 0.837. The molecule has 0 aliphatic carbocycles. The molecule has 3 N–H and O–H groups in total. The standard InChI is InChI=1S/C11H13ClN4S/c1-7(5-8-3-2-4-17-8)14-10-6-9(12)15-11(13)16-10/h2-4,6-7H,5H2,1H3,(H3,13,14,15,16). The zero-order valence-electron chi connectivity index (χ0n) is 9.35. The Morgan fingerprint density at radius 1 is 1.53 bits per heavy atom. The fourth-order valence-electron chi connectivity index (χ4n) is 1.54. The van der Waals surface area contributed by atoms with E-state index in [1.807, 2.05) is 6.07 Å². The van der Waals surface area contributed by atoms with Crippen LogP contribution in [0.3, 0.4) is 0 Å². The van der Waals surface area contributed by atoms with E-state index >= 15 is 0 Å². The molecule has 0 saturated heterocycles. The number of rotatable bonds is 4. The van der Waals surface area contributed by atoms with Crippen molar-refractivity contribution in [1.29, 1.82) is 0 Å². The van der Waals surface area contributed by atoms with Crippen molar-refractivity contribution in [2.24, 2.45) is 0 Å². The van der Waals surface area contributed by atoms with E-state index in [9.17, 15) is 0 Å². The van der Waals surface area contributed by atoms with Crippen LogP contribution in [0.5, 0.6) is 0 Å². The van der Waals surface area contributed by atoms with Crippen LogP contribution in [0.2, 0.25) is 5.15 Å². The summed E-state index contributed by atoms with van der Waals surface area (Å²) in [7, 11) is 0. The Hall–Kier alpha value is -1.33. The summed E-state index contributed by atoms with van der Waals surface area (Å²) in [6, 6.07) is 6.10. The van der Waals surface area contributed by atoms with E-state index in [0.29, 0.717) is 11.0 Å². The summed E-state index contributed by atoms with van der Waals surface area (Å²) in [6.45, 7) is 2.09. The topological polar surface area (TPSA) is 63.8 Å². The second-order valence-electron chi connectivity index (χ2n) is 3.76. The third-order valence-electron chi connectivity index (χ3n) is 2.19. The van der Waals surface area contributed by atoms with Crippen molar-refractivity contribution in [3.8, 4) is 0 Å². The van der Waals surface area contributed by atoms with Crippen molar-refractivity contribution < 1.29 is 0 Å². The number of nitrogens with zero attached hydrogens (tertiary/aromatic N) is 2. The predicted molar refractivity (Wildman–Crippen MR) is 72.6 cm³/mol. The van der Waals surface area contributed by atoms with E-state index in [-0.39, 0.29) is 12.0 Å². The lowest BCUT2D eigenvalue weighted by atomic mass is 10.2. The SMILES string of the molecule is CC(Cc1cccs1)Nc1cc(Cl)nc(N)n1. The minimum absolute atomic E-state index is 0.184. The molecule has 17 heavy (non-hydrogen) atoms. The highest BCUT2D eigenvalue weighted by Crippen LogP contribution is 2.16. The molecular weight excluding hydrogens is 256 g/mol.